The van der Waals surface area contributed by atoms with Crippen LogP contribution in [0.15, 0.2) is 12.1 Å². The second kappa shape index (κ2) is 4.70. The zero-order valence-corrected chi connectivity index (χ0v) is 10.6. The topological polar surface area (TPSA) is 31.4 Å². The molecule has 0 aliphatic rings. The summed E-state index contributed by atoms with van der Waals surface area (Å²) in [6.45, 7) is 7.25. The lowest BCUT2D eigenvalue weighted by Crippen LogP contribution is -1.95. The monoisotopic (exact) mass is 237 g/mol. The van der Waals surface area contributed by atoms with Gasteiger partial charge in [0.15, 0.2) is 0 Å². The molecule has 2 aromatic rings. The predicted octanol–water partition coefficient (Wildman–Crippen LogP) is 3.40. The number of aromatic nitrogens is 1. The molecule has 0 spiro atoms. The van der Waals surface area contributed by atoms with Gasteiger partial charge in [0.2, 0.25) is 0 Å². The van der Waals surface area contributed by atoms with E-state index in [-0.39, 0.29) is 0 Å². The number of ether oxygens (including phenoxy) is 2. The standard InChI is InChI=1S/C12H15NO2S/c1-4-14-9-6-10(15-5-2)12-11(7-9)16-8(3)13-12/h6-7H,4-5H2,1-3H3. The van der Waals surface area contributed by atoms with Gasteiger partial charge in [-0.15, -0.1) is 11.3 Å². The van der Waals surface area contributed by atoms with Gasteiger partial charge in [-0.3, -0.25) is 0 Å². The van der Waals surface area contributed by atoms with E-state index in [1.54, 1.807) is 11.3 Å². The predicted molar refractivity (Wildman–Crippen MR) is 66.7 cm³/mol. The molecule has 0 atom stereocenters. The minimum Gasteiger partial charge on any atom is -0.494 e. The van der Waals surface area contributed by atoms with Crippen LogP contribution in [0, 0.1) is 6.92 Å². The molecule has 0 fully saturated rings. The summed E-state index contributed by atoms with van der Waals surface area (Å²) in [4.78, 5) is 4.47. The van der Waals surface area contributed by atoms with E-state index >= 15 is 0 Å². The van der Waals surface area contributed by atoms with E-state index in [9.17, 15) is 0 Å². The quantitative estimate of drug-likeness (QED) is 0.816. The molecule has 0 bridgehead atoms. The number of hydrogen-bond donors (Lipinski definition) is 0. The first kappa shape index (κ1) is 11.2. The summed E-state index contributed by atoms with van der Waals surface area (Å²) in [7, 11) is 0. The van der Waals surface area contributed by atoms with Crippen molar-refractivity contribution in [3.63, 3.8) is 0 Å². The summed E-state index contributed by atoms with van der Waals surface area (Å²) in [5.74, 6) is 1.66. The zero-order chi connectivity index (χ0) is 11.5. The molecular weight excluding hydrogens is 222 g/mol. The van der Waals surface area contributed by atoms with Crippen molar-refractivity contribution in [2.75, 3.05) is 13.2 Å². The van der Waals surface area contributed by atoms with E-state index in [4.69, 9.17) is 9.47 Å². The fourth-order valence-corrected chi connectivity index (χ4v) is 2.47. The Morgan fingerprint density at radius 3 is 2.62 bits per heavy atom. The molecule has 0 amide bonds. The minimum absolute atomic E-state index is 0.640. The molecule has 4 heteroatoms. The highest BCUT2D eigenvalue weighted by Crippen LogP contribution is 2.34. The summed E-state index contributed by atoms with van der Waals surface area (Å²) in [5, 5.41) is 1.05. The van der Waals surface area contributed by atoms with Crippen LogP contribution in [0.5, 0.6) is 11.5 Å². The van der Waals surface area contributed by atoms with Crippen molar-refractivity contribution in [1.29, 1.82) is 0 Å². The molecule has 1 aromatic heterocycles. The Labute approximate surface area is 99.0 Å². The highest BCUT2D eigenvalue weighted by Gasteiger charge is 2.10. The molecule has 16 heavy (non-hydrogen) atoms. The molecule has 86 valence electrons. The van der Waals surface area contributed by atoms with Crippen molar-refractivity contribution >= 4 is 21.6 Å². The van der Waals surface area contributed by atoms with E-state index in [0.717, 1.165) is 26.7 Å². The smallest absolute Gasteiger partial charge is 0.150 e. The SMILES string of the molecule is CCOc1cc(OCC)c2nc(C)sc2c1. The van der Waals surface area contributed by atoms with E-state index in [1.807, 2.05) is 32.9 Å². The summed E-state index contributed by atoms with van der Waals surface area (Å²) in [6, 6.07) is 3.93. The molecule has 0 saturated carbocycles. The van der Waals surface area contributed by atoms with Crippen LogP contribution in [0.25, 0.3) is 10.2 Å². The average molecular weight is 237 g/mol. The number of thiazole rings is 1. The van der Waals surface area contributed by atoms with Crippen molar-refractivity contribution in [3.8, 4) is 11.5 Å². The normalized spacial score (nSPS) is 10.7. The number of nitrogens with zero attached hydrogens (tertiary/aromatic N) is 1. The zero-order valence-electron chi connectivity index (χ0n) is 9.74. The molecule has 0 radical (unpaired) electrons. The van der Waals surface area contributed by atoms with Crippen LogP contribution in [-0.2, 0) is 0 Å². The molecule has 1 aromatic carbocycles. The van der Waals surface area contributed by atoms with Crippen LogP contribution < -0.4 is 9.47 Å². The van der Waals surface area contributed by atoms with Crippen LogP contribution in [0.1, 0.15) is 18.9 Å². The van der Waals surface area contributed by atoms with E-state index < -0.39 is 0 Å². The molecule has 0 saturated heterocycles. The Morgan fingerprint density at radius 2 is 1.94 bits per heavy atom. The van der Waals surface area contributed by atoms with E-state index in [0.29, 0.717) is 13.2 Å². The highest BCUT2D eigenvalue weighted by atomic mass is 32.1. The van der Waals surface area contributed by atoms with Gasteiger partial charge >= 0.3 is 0 Å². The first-order chi connectivity index (χ1) is 7.74. The summed E-state index contributed by atoms with van der Waals surface area (Å²) in [5.41, 5.74) is 0.938. The molecule has 1 heterocycles. The Bertz CT molecular complexity index is 493. The van der Waals surface area contributed by atoms with Crippen LogP contribution in [0.2, 0.25) is 0 Å². The molecular formula is C12H15NO2S. The largest absolute Gasteiger partial charge is 0.494 e. The maximum Gasteiger partial charge on any atom is 0.150 e. The number of aryl methyl sites for hydroxylation is 1. The number of hydrogen-bond acceptors (Lipinski definition) is 4. The van der Waals surface area contributed by atoms with Crippen LogP contribution in [-0.4, -0.2) is 18.2 Å². The van der Waals surface area contributed by atoms with Crippen molar-refractivity contribution < 1.29 is 9.47 Å². The van der Waals surface area contributed by atoms with Crippen LogP contribution in [0.3, 0.4) is 0 Å². The second-order valence-electron chi connectivity index (χ2n) is 3.37. The lowest BCUT2D eigenvalue weighted by Gasteiger charge is -2.07. The third kappa shape index (κ3) is 2.11. The van der Waals surface area contributed by atoms with Crippen molar-refractivity contribution in [2.45, 2.75) is 20.8 Å². The maximum atomic E-state index is 5.58. The highest BCUT2D eigenvalue weighted by molar-refractivity contribution is 7.18. The maximum absolute atomic E-state index is 5.58. The van der Waals surface area contributed by atoms with Gasteiger partial charge in [-0.1, -0.05) is 0 Å². The molecule has 2 rings (SSSR count). The number of benzene rings is 1. The molecule has 0 aliphatic carbocycles. The van der Waals surface area contributed by atoms with Gasteiger partial charge in [-0.25, -0.2) is 4.98 Å². The van der Waals surface area contributed by atoms with Gasteiger partial charge in [0.05, 0.1) is 22.9 Å². The molecule has 0 aliphatic heterocycles. The van der Waals surface area contributed by atoms with Crippen LogP contribution in [0.4, 0.5) is 0 Å². The summed E-state index contributed by atoms with van der Waals surface area (Å²) in [6.07, 6.45) is 0. The Balaban J connectivity index is 2.53. The summed E-state index contributed by atoms with van der Waals surface area (Å²) >= 11 is 1.66. The first-order valence-electron chi connectivity index (χ1n) is 5.41. The summed E-state index contributed by atoms with van der Waals surface area (Å²) < 4.78 is 12.2. The number of rotatable bonds is 4. The lowest BCUT2D eigenvalue weighted by molar-refractivity contribution is 0.326. The van der Waals surface area contributed by atoms with Gasteiger partial charge in [0.1, 0.15) is 17.0 Å². The average Bonchev–Trinajstić information content (AvgIpc) is 2.60. The first-order valence-corrected chi connectivity index (χ1v) is 6.23. The van der Waals surface area contributed by atoms with Crippen molar-refractivity contribution in [2.24, 2.45) is 0 Å². The van der Waals surface area contributed by atoms with Crippen molar-refractivity contribution in [1.82, 2.24) is 4.98 Å². The van der Waals surface area contributed by atoms with Gasteiger partial charge in [0, 0.05) is 6.07 Å². The third-order valence-electron chi connectivity index (χ3n) is 2.15. The lowest BCUT2D eigenvalue weighted by atomic mass is 10.3. The molecule has 0 N–H and O–H groups in total. The van der Waals surface area contributed by atoms with Gasteiger partial charge < -0.3 is 9.47 Å². The molecule has 3 nitrogen and oxygen atoms in total. The minimum atomic E-state index is 0.640. The fourth-order valence-electron chi connectivity index (χ4n) is 1.60. The third-order valence-corrected chi connectivity index (χ3v) is 3.07. The van der Waals surface area contributed by atoms with Crippen molar-refractivity contribution in [3.05, 3.63) is 17.1 Å². The Morgan fingerprint density at radius 1 is 1.19 bits per heavy atom. The fraction of sp³-hybridized carbons (Fsp3) is 0.417. The van der Waals surface area contributed by atoms with E-state index in [2.05, 4.69) is 4.98 Å². The second-order valence-corrected chi connectivity index (χ2v) is 4.60. The van der Waals surface area contributed by atoms with Gasteiger partial charge in [-0.05, 0) is 26.8 Å². The van der Waals surface area contributed by atoms with Gasteiger partial charge in [0.25, 0.3) is 0 Å². The number of fused-ring (bicyclic) bond motifs is 1. The van der Waals surface area contributed by atoms with Crippen LogP contribution >= 0.6 is 11.3 Å². The Kier molecular flexibility index (Phi) is 3.29. The Hall–Kier alpha value is -1.29. The van der Waals surface area contributed by atoms with E-state index in [1.165, 1.54) is 0 Å². The molecule has 0 unspecified atom stereocenters. The van der Waals surface area contributed by atoms with Gasteiger partial charge in [-0.2, -0.15) is 0 Å².